The molecule has 0 amide bonds. The van der Waals surface area contributed by atoms with Crippen LogP contribution in [0.25, 0.3) is 0 Å². The second-order valence-electron chi connectivity index (χ2n) is 7.57. The Bertz CT molecular complexity index is 820. The van der Waals surface area contributed by atoms with E-state index in [-0.39, 0.29) is 24.0 Å². The molecule has 1 fully saturated rings. The number of rotatable bonds is 10. The van der Waals surface area contributed by atoms with Gasteiger partial charge in [-0.25, -0.2) is 4.99 Å². The molecule has 9 heteroatoms. The summed E-state index contributed by atoms with van der Waals surface area (Å²) in [6.07, 6.45) is 3.72. The molecule has 1 aromatic carbocycles. The maximum atomic E-state index is 6.14. The summed E-state index contributed by atoms with van der Waals surface area (Å²) in [6.45, 7) is 11.5. The van der Waals surface area contributed by atoms with Gasteiger partial charge in [-0.05, 0) is 31.9 Å². The van der Waals surface area contributed by atoms with Crippen molar-refractivity contribution in [2.45, 2.75) is 46.7 Å². The van der Waals surface area contributed by atoms with Gasteiger partial charge in [-0.3, -0.25) is 0 Å². The van der Waals surface area contributed by atoms with E-state index in [1.807, 2.05) is 0 Å². The summed E-state index contributed by atoms with van der Waals surface area (Å²) in [5.41, 5.74) is 2.27. The number of aliphatic imine (C=N–C) groups is 1. The molecule has 31 heavy (non-hydrogen) atoms. The smallest absolute Gasteiger partial charge is 0.191 e. The van der Waals surface area contributed by atoms with Crippen molar-refractivity contribution in [3.8, 4) is 5.75 Å². The fraction of sp³-hybridized carbons (Fsp3) is 0.591. The number of hydrogen-bond donors (Lipinski definition) is 2. The molecule has 1 aromatic heterocycles. The summed E-state index contributed by atoms with van der Waals surface area (Å²) in [5.74, 6) is 3.18. The first-order chi connectivity index (χ1) is 14.7. The quantitative estimate of drug-likeness (QED) is 0.273. The highest BCUT2D eigenvalue weighted by atomic mass is 127. The van der Waals surface area contributed by atoms with Crippen molar-refractivity contribution >= 4 is 29.9 Å². The molecule has 2 heterocycles. The summed E-state index contributed by atoms with van der Waals surface area (Å²) >= 11 is 0. The Morgan fingerprint density at radius 1 is 1.32 bits per heavy atom. The number of halogens is 1. The Kier molecular flexibility index (Phi) is 11.1. The van der Waals surface area contributed by atoms with E-state index < -0.39 is 0 Å². The average molecular weight is 542 g/mol. The molecule has 3 rings (SSSR count). The Labute approximate surface area is 202 Å². The Morgan fingerprint density at radius 2 is 2.19 bits per heavy atom. The first-order valence-corrected chi connectivity index (χ1v) is 10.9. The van der Waals surface area contributed by atoms with Gasteiger partial charge in [-0.1, -0.05) is 19.1 Å². The Morgan fingerprint density at radius 3 is 2.94 bits per heavy atom. The van der Waals surface area contributed by atoms with Crippen LogP contribution in [0.4, 0.5) is 0 Å². The van der Waals surface area contributed by atoms with Gasteiger partial charge in [0, 0.05) is 44.1 Å². The largest absolute Gasteiger partial charge is 0.493 e. The highest BCUT2D eigenvalue weighted by Gasteiger charge is 2.17. The van der Waals surface area contributed by atoms with Gasteiger partial charge < -0.3 is 24.7 Å². The molecule has 2 N–H and O–H groups in total. The topological polar surface area (TPSA) is 85.6 Å². The van der Waals surface area contributed by atoms with Crippen LogP contribution in [0.15, 0.2) is 29.5 Å². The van der Waals surface area contributed by atoms with Crippen molar-refractivity contribution in [2.75, 3.05) is 32.9 Å². The first-order valence-electron chi connectivity index (χ1n) is 10.9. The van der Waals surface area contributed by atoms with Crippen molar-refractivity contribution in [3.05, 3.63) is 41.5 Å². The number of hydrogen-bond acceptors (Lipinski definition) is 5. The zero-order chi connectivity index (χ0) is 21.2. The van der Waals surface area contributed by atoms with Crippen LogP contribution in [-0.2, 0) is 24.2 Å². The van der Waals surface area contributed by atoms with Crippen molar-refractivity contribution in [2.24, 2.45) is 10.9 Å². The van der Waals surface area contributed by atoms with Gasteiger partial charge in [0.25, 0.3) is 0 Å². The van der Waals surface area contributed by atoms with Crippen LogP contribution in [0, 0.1) is 12.8 Å². The number of ether oxygens (including phenoxy) is 2. The second kappa shape index (κ2) is 13.5. The third-order valence-electron chi connectivity index (χ3n) is 5.13. The SMILES string of the molecule is CCNC(=NCc1ccc(C)cc1OCC1CCOC1)NCCn1cnnc1CC.I. The maximum Gasteiger partial charge on any atom is 0.191 e. The molecule has 0 saturated carbocycles. The average Bonchev–Trinajstić information content (AvgIpc) is 3.43. The molecule has 1 aliphatic rings. The van der Waals surface area contributed by atoms with Crippen LogP contribution in [0.1, 0.15) is 37.2 Å². The lowest BCUT2D eigenvalue weighted by atomic mass is 10.1. The number of aromatic nitrogens is 3. The highest BCUT2D eigenvalue weighted by molar-refractivity contribution is 14.0. The van der Waals surface area contributed by atoms with Crippen LogP contribution in [0.2, 0.25) is 0 Å². The molecule has 0 aliphatic carbocycles. The molecular weight excluding hydrogens is 507 g/mol. The highest BCUT2D eigenvalue weighted by Crippen LogP contribution is 2.23. The summed E-state index contributed by atoms with van der Waals surface area (Å²) in [4.78, 5) is 4.76. The van der Waals surface area contributed by atoms with E-state index in [1.54, 1.807) is 6.33 Å². The molecule has 0 bridgehead atoms. The molecule has 0 radical (unpaired) electrons. The van der Waals surface area contributed by atoms with Crippen LogP contribution < -0.4 is 15.4 Å². The van der Waals surface area contributed by atoms with Crippen LogP contribution in [-0.4, -0.2) is 53.6 Å². The van der Waals surface area contributed by atoms with Crippen LogP contribution in [0.3, 0.4) is 0 Å². The van der Waals surface area contributed by atoms with Crippen LogP contribution in [0.5, 0.6) is 5.75 Å². The number of guanidine groups is 1. The van der Waals surface area contributed by atoms with Gasteiger partial charge in [0.2, 0.25) is 0 Å². The van der Waals surface area contributed by atoms with E-state index >= 15 is 0 Å². The van der Waals surface area contributed by atoms with E-state index in [0.717, 1.165) is 68.8 Å². The lowest BCUT2D eigenvalue weighted by Gasteiger charge is -2.15. The van der Waals surface area contributed by atoms with Gasteiger partial charge in [0.05, 0.1) is 19.8 Å². The maximum absolute atomic E-state index is 6.14. The third-order valence-corrected chi connectivity index (χ3v) is 5.13. The summed E-state index contributed by atoms with van der Waals surface area (Å²) < 4.78 is 13.7. The summed E-state index contributed by atoms with van der Waals surface area (Å²) in [7, 11) is 0. The zero-order valence-electron chi connectivity index (χ0n) is 18.8. The summed E-state index contributed by atoms with van der Waals surface area (Å²) in [5, 5.41) is 14.8. The second-order valence-corrected chi connectivity index (χ2v) is 7.57. The normalized spacial score (nSPS) is 16.1. The third kappa shape index (κ3) is 7.95. The fourth-order valence-corrected chi connectivity index (χ4v) is 3.39. The molecule has 1 unspecified atom stereocenters. The molecule has 1 atom stereocenters. The summed E-state index contributed by atoms with van der Waals surface area (Å²) in [6, 6.07) is 6.31. The van der Waals surface area contributed by atoms with Crippen molar-refractivity contribution in [1.82, 2.24) is 25.4 Å². The predicted octanol–water partition coefficient (Wildman–Crippen LogP) is 2.94. The zero-order valence-corrected chi connectivity index (χ0v) is 21.1. The van der Waals surface area contributed by atoms with E-state index in [4.69, 9.17) is 14.5 Å². The number of aryl methyl sites for hydroxylation is 2. The molecular formula is C22H35IN6O2. The van der Waals surface area contributed by atoms with E-state index in [2.05, 4.69) is 64.4 Å². The van der Waals surface area contributed by atoms with Gasteiger partial charge in [0.15, 0.2) is 5.96 Å². The Balaban J connectivity index is 0.00000341. The fourth-order valence-electron chi connectivity index (χ4n) is 3.39. The molecule has 172 valence electrons. The van der Waals surface area contributed by atoms with Crippen molar-refractivity contribution in [3.63, 3.8) is 0 Å². The monoisotopic (exact) mass is 542 g/mol. The minimum atomic E-state index is 0. The first kappa shape index (κ1) is 25.4. The molecule has 1 saturated heterocycles. The predicted molar refractivity (Wildman–Crippen MR) is 133 cm³/mol. The lowest BCUT2D eigenvalue weighted by Crippen LogP contribution is -2.39. The molecule has 1 aliphatic heterocycles. The molecule has 8 nitrogen and oxygen atoms in total. The van der Waals surface area contributed by atoms with E-state index in [9.17, 15) is 0 Å². The minimum Gasteiger partial charge on any atom is -0.493 e. The molecule has 0 spiro atoms. The van der Waals surface area contributed by atoms with Crippen LogP contribution >= 0.6 is 24.0 Å². The van der Waals surface area contributed by atoms with Crippen molar-refractivity contribution < 1.29 is 9.47 Å². The lowest BCUT2D eigenvalue weighted by molar-refractivity contribution is 0.166. The van der Waals surface area contributed by atoms with E-state index in [0.29, 0.717) is 19.1 Å². The molecule has 2 aromatic rings. The minimum absolute atomic E-state index is 0. The van der Waals surface area contributed by atoms with Gasteiger partial charge in [-0.15, -0.1) is 34.2 Å². The van der Waals surface area contributed by atoms with E-state index in [1.165, 1.54) is 5.56 Å². The van der Waals surface area contributed by atoms with Gasteiger partial charge >= 0.3 is 0 Å². The standard InChI is InChI=1S/C22H34N6O2.HI/c1-4-21-27-26-16-28(21)10-9-24-22(23-5-2)25-13-19-7-6-17(3)12-20(19)30-15-18-8-11-29-14-18;/h6-7,12,16,18H,4-5,8-11,13-15H2,1-3H3,(H2,23,24,25);1H. The van der Waals surface area contributed by atoms with Crippen molar-refractivity contribution in [1.29, 1.82) is 0 Å². The van der Waals surface area contributed by atoms with Gasteiger partial charge in [0.1, 0.15) is 17.9 Å². The number of nitrogens with one attached hydrogen (secondary N) is 2. The number of nitrogens with zero attached hydrogens (tertiary/aromatic N) is 4. The Hall–Kier alpha value is -1.88. The number of benzene rings is 1. The van der Waals surface area contributed by atoms with Gasteiger partial charge in [-0.2, -0.15) is 0 Å².